The summed E-state index contributed by atoms with van der Waals surface area (Å²) in [5, 5.41) is 21.6. The Kier molecular flexibility index (Phi) is 4.75. The van der Waals surface area contributed by atoms with Crippen LogP contribution in [0.2, 0.25) is 0 Å². The quantitative estimate of drug-likeness (QED) is 0.566. The molecule has 0 amide bonds. The average Bonchev–Trinajstić information content (AvgIpc) is 2.49. The van der Waals surface area contributed by atoms with Crippen molar-refractivity contribution >= 4 is 23.4 Å². The highest BCUT2D eigenvalue weighted by molar-refractivity contribution is 5.96. The minimum atomic E-state index is -1.14. The summed E-state index contributed by atoms with van der Waals surface area (Å²) in [4.78, 5) is 31.0. The van der Waals surface area contributed by atoms with E-state index in [1.807, 2.05) is 0 Å². The lowest BCUT2D eigenvalue weighted by atomic mass is 10.2. The standard InChI is InChI=1S/C15H15N3O5/c1-3-23-15(22)10-7-16-8(2)17-13(10)18-11-6-9(14(20)21)4-5-12(11)19/h4-7,19H,3H2,1-2H3,(H,20,21)(H,16,17,18). The number of carboxylic acid groups (broad SMARTS) is 1. The van der Waals surface area contributed by atoms with E-state index in [-0.39, 0.29) is 35.0 Å². The van der Waals surface area contributed by atoms with Crippen molar-refractivity contribution in [3.63, 3.8) is 0 Å². The van der Waals surface area contributed by atoms with Gasteiger partial charge in [-0.1, -0.05) is 0 Å². The van der Waals surface area contributed by atoms with E-state index in [9.17, 15) is 14.7 Å². The fourth-order valence-electron chi connectivity index (χ4n) is 1.82. The number of hydrogen-bond acceptors (Lipinski definition) is 7. The first-order chi connectivity index (χ1) is 10.9. The van der Waals surface area contributed by atoms with Crippen LogP contribution in [-0.2, 0) is 4.74 Å². The third kappa shape index (κ3) is 3.73. The molecule has 0 unspecified atom stereocenters. The number of nitrogens with zero attached hydrogens (tertiary/aromatic N) is 2. The number of aromatic hydroxyl groups is 1. The van der Waals surface area contributed by atoms with Gasteiger partial charge in [0, 0.05) is 6.20 Å². The average molecular weight is 317 g/mol. The van der Waals surface area contributed by atoms with E-state index in [4.69, 9.17) is 9.84 Å². The Bertz CT molecular complexity index is 761. The molecule has 0 spiro atoms. The van der Waals surface area contributed by atoms with Crippen LogP contribution in [-0.4, -0.2) is 38.7 Å². The van der Waals surface area contributed by atoms with E-state index in [2.05, 4.69) is 15.3 Å². The number of carbonyl (C=O) groups is 2. The van der Waals surface area contributed by atoms with Crippen LogP contribution in [0.5, 0.6) is 5.75 Å². The second kappa shape index (κ2) is 6.73. The monoisotopic (exact) mass is 317 g/mol. The molecule has 0 radical (unpaired) electrons. The predicted octanol–water partition coefficient (Wildman–Crippen LogP) is 2.11. The van der Waals surface area contributed by atoms with Crippen LogP contribution in [0, 0.1) is 6.92 Å². The molecule has 0 atom stereocenters. The molecule has 0 bridgehead atoms. The Morgan fingerprint density at radius 1 is 1.35 bits per heavy atom. The summed E-state index contributed by atoms with van der Waals surface area (Å²) in [5.74, 6) is -1.43. The lowest BCUT2D eigenvalue weighted by Crippen LogP contribution is -2.11. The first-order valence-electron chi connectivity index (χ1n) is 6.76. The smallest absolute Gasteiger partial charge is 0.343 e. The van der Waals surface area contributed by atoms with Crippen LogP contribution in [0.4, 0.5) is 11.5 Å². The van der Waals surface area contributed by atoms with Crippen LogP contribution in [0.25, 0.3) is 0 Å². The molecule has 1 aromatic carbocycles. The van der Waals surface area contributed by atoms with E-state index in [1.54, 1.807) is 13.8 Å². The minimum Gasteiger partial charge on any atom is -0.506 e. The van der Waals surface area contributed by atoms with Gasteiger partial charge < -0.3 is 20.3 Å². The van der Waals surface area contributed by atoms with Gasteiger partial charge in [-0.05, 0) is 32.0 Å². The van der Waals surface area contributed by atoms with E-state index in [0.717, 1.165) is 0 Å². The molecule has 0 aliphatic rings. The maximum absolute atomic E-state index is 11.9. The summed E-state index contributed by atoms with van der Waals surface area (Å²) in [6, 6.07) is 3.74. The number of aromatic nitrogens is 2. The number of aromatic carboxylic acids is 1. The zero-order valence-corrected chi connectivity index (χ0v) is 12.5. The third-order valence-corrected chi connectivity index (χ3v) is 2.90. The summed E-state index contributed by atoms with van der Waals surface area (Å²) in [5.41, 5.74) is 0.167. The van der Waals surface area contributed by atoms with E-state index in [1.165, 1.54) is 24.4 Å². The zero-order valence-electron chi connectivity index (χ0n) is 12.5. The third-order valence-electron chi connectivity index (χ3n) is 2.90. The van der Waals surface area contributed by atoms with Gasteiger partial charge in [-0.3, -0.25) is 0 Å². The molecule has 0 saturated heterocycles. The van der Waals surface area contributed by atoms with Crippen molar-refractivity contribution in [3.05, 3.63) is 41.3 Å². The Morgan fingerprint density at radius 3 is 2.74 bits per heavy atom. The Labute approximate surface area is 131 Å². The summed E-state index contributed by atoms with van der Waals surface area (Å²) in [6.45, 7) is 3.49. The molecule has 1 heterocycles. The van der Waals surface area contributed by atoms with Gasteiger partial charge in [0.05, 0.1) is 17.9 Å². The molecule has 0 aliphatic heterocycles. The largest absolute Gasteiger partial charge is 0.506 e. The highest BCUT2D eigenvalue weighted by Gasteiger charge is 2.17. The van der Waals surface area contributed by atoms with Crippen LogP contribution < -0.4 is 5.32 Å². The summed E-state index contributed by atoms with van der Waals surface area (Å²) < 4.78 is 4.92. The van der Waals surface area contributed by atoms with Gasteiger partial charge in [0.15, 0.2) is 0 Å². The van der Waals surface area contributed by atoms with Crippen molar-refractivity contribution in [1.82, 2.24) is 9.97 Å². The Hall–Kier alpha value is -3.16. The highest BCUT2D eigenvalue weighted by atomic mass is 16.5. The van der Waals surface area contributed by atoms with Crippen molar-refractivity contribution in [2.75, 3.05) is 11.9 Å². The fraction of sp³-hybridized carbons (Fsp3) is 0.200. The number of hydrogen-bond donors (Lipinski definition) is 3. The fourth-order valence-corrected chi connectivity index (χ4v) is 1.82. The lowest BCUT2D eigenvalue weighted by molar-refractivity contribution is 0.0526. The van der Waals surface area contributed by atoms with E-state index in [0.29, 0.717) is 5.82 Å². The molecular formula is C15H15N3O5. The second-order valence-corrected chi connectivity index (χ2v) is 4.56. The van der Waals surface area contributed by atoms with Crippen molar-refractivity contribution < 1.29 is 24.5 Å². The molecule has 8 heteroatoms. The molecule has 2 rings (SSSR count). The van der Waals surface area contributed by atoms with Crippen LogP contribution in [0.1, 0.15) is 33.5 Å². The van der Waals surface area contributed by atoms with Gasteiger partial charge in [0.2, 0.25) is 0 Å². The minimum absolute atomic E-state index is 0.0197. The van der Waals surface area contributed by atoms with Gasteiger partial charge >= 0.3 is 11.9 Å². The summed E-state index contributed by atoms with van der Waals surface area (Å²) in [7, 11) is 0. The molecule has 0 fully saturated rings. The molecule has 23 heavy (non-hydrogen) atoms. The number of esters is 1. The molecule has 0 saturated carbocycles. The number of aryl methyl sites for hydroxylation is 1. The first kappa shape index (κ1) is 16.2. The van der Waals surface area contributed by atoms with Gasteiger partial charge in [-0.2, -0.15) is 0 Å². The summed E-state index contributed by atoms with van der Waals surface area (Å²) in [6.07, 6.45) is 1.31. The maximum Gasteiger partial charge on any atom is 0.343 e. The number of carboxylic acids is 1. The molecule has 2 aromatic rings. The molecule has 0 aliphatic carbocycles. The van der Waals surface area contributed by atoms with Gasteiger partial charge in [0.25, 0.3) is 0 Å². The van der Waals surface area contributed by atoms with Gasteiger partial charge in [-0.15, -0.1) is 0 Å². The van der Waals surface area contributed by atoms with E-state index >= 15 is 0 Å². The first-order valence-corrected chi connectivity index (χ1v) is 6.76. The van der Waals surface area contributed by atoms with Crippen molar-refractivity contribution in [1.29, 1.82) is 0 Å². The number of ether oxygens (including phenoxy) is 1. The molecule has 120 valence electrons. The topological polar surface area (TPSA) is 122 Å². The SMILES string of the molecule is CCOC(=O)c1cnc(C)nc1Nc1cc(C(=O)O)ccc1O. The molecular weight excluding hydrogens is 302 g/mol. The number of nitrogens with one attached hydrogen (secondary N) is 1. The van der Waals surface area contributed by atoms with Gasteiger partial charge in [-0.25, -0.2) is 19.6 Å². The second-order valence-electron chi connectivity index (χ2n) is 4.56. The lowest BCUT2D eigenvalue weighted by Gasteiger charge is -2.12. The summed E-state index contributed by atoms with van der Waals surface area (Å²) >= 11 is 0. The normalized spacial score (nSPS) is 10.2. The van der Waals surface area contributed by atoms with Crippen molar-refractivity contribution in [3.8, 4) is 5.75 Å². The number of carbonyl (C=O) groups excluding carboxylic acids is 1. The zero-order chi connectivity index (χ0) is 17.0. The molecule has 1 aromatic heterocycles. The number of phenolic OH excluding ortho intramolecular Hbond substituents is 1. The predicted molar refractivity (Wildman–Crippen MR) is 81.1 cm³/mol. The maximum atomic E-state index is 11.9. The molecule has 8 nitrogen and oxygen atoms in total. The van der Waals surface area contributed by atoms with Crippen molar-refractivity contribution in [2.45, 2.75) is 13.8 Å². The van der Waals surface area contributed by atoms with Crippen LogP contribution in [0.15, 0.2) is 24.4 Å². The van der Waals surface area contributed by atoms with E-state index < -0.39 is 11.9 Å². The van der Waals surface area contributed by atoms with Crippen LogP contribution >= 0.6 is 0 Å². The van der Waals surface area contributed by atoms with Gasteiger partial charge in [0.1, 0.15) is 23.0 Å². The highest BCUT2D eigenvalue weighted by Crippen LogP contribution is 2.28. The Morgan fingerprint density at radius 2 is 2.09 bits per heavy atom. The number of anilines is 2. The Balaban J connectivity index is 2.43. The number of benzene rings is 1. The van der Waals surface area contributed by atoms with Crippen LogP contribution in [0.3, 0.4) is 0 Å². The van der Waals surface area contributed by atoms with Crippen molar-refractivity contribution in [2.24, 2.45) is 0 Å². The number of rotatable bonds is 5. The molecule has 3 N–H and O–H groups in total. The number of phenols is 1.